The number of rotatable bonds is 3. The minimum atomic E-state index is 0. The summed E-state index contributed by atoms with van der Waals surface area (Å²) in [5.41, 5.74) is 5.80. The Morgan fingerprint density at radius 3 is 2.45 bits per heavy atom. The van der Waals surface area contributed by atoms with E-state index in [-0.39, 0.29) is 21.1 Å². The molecule has 0 aliphatic carbocycles. The van der Waals surface area contributed by atoms with Crippen LogP contribution in [0.25, 0.3) is 39.1 Å². The summed E-state index contributed by atoms with van der Waals surface area (Å²) >= 11 is 0. The third-order valence-corrected chi connectivity index (χ3v) is 4.75. The summed E-state index contributed by atoms with van der Waals surface area (Å²) in [6.07, 6.45) is 7.16. The maximum Gasteiger partial charge on any atom is 2.00 e. The van der Waals surface area contributed by atoms with Gasteiger partial charge in [0.05, 0.1) is 11.2 Å². The summed E-state index contributed by atoms with van der Waals surface area (Å²) in [6, 6.07) is 31.6. The molecule has 0 saturated heterocycles. The molecule has 0 aliphatic rings. The van der Waals surface area contributed by atoms with Crippen molar-refractivity contribution >= 4 is 27.9 Å². The molecule has 2 nitrogen and oxygen atoms in total. The summed E-state index contributed by atoms with van der Waals surface area (Å²) in [6.45, 7) is 0. The maximum absolute atomic E-state index is 4.98. The Bertz CT molecular complexity index is 1310. The Morgan fingerprint density at radius 1 is 0.759 bits per heavy atom. The first-order chi connectivity index (χ1) is 13.9. The fraction of sp³-hybridized carbons (Fsp3) is 0. The molecule has 0 bridgehead atoms. The van der Waals surface area contributed by atoms with Crippen LogP contribution in [0.3, 0.4) is 0 Å². The minimum Gasteiger partial charge on any atom is -0.296 e. The summed E-state index contributed by atoms with van der Waals surface area (Å²) in [5.74, 6) is 0. The van der Waals surface area contributed by atoms with E-state index in [0.29, 0.717) is 0 Å². The molecule has 140 valence electrons. The van der Waals surface area contributed by atoms with Crippen LogP contribution < -0.4 is 0 Å². The second kappa shape index (κ2) is 8.51. The van der Waals surface area contributed by atoms with Crippen molar-refractivity contribution in [3.8, 4) is 11.3 Å². The molecule has 0 spiro atoms. The zero-order valence-electron chi connectivity index (χ0n) is 15.4. The van der Waals surface area contributed by atoms with E-state index >= 15 is 0 Å². The molecule has 0 N–H and O–H groups in total. The SMILES string of the molecule is [C-](=Cc1[c-]cccc1)c1cccc2ccc(-c3cccc4cccnc34)nc12.[Pt+2]. The van der Waals surface area contributed by atoms with Crippen LogP contribution >= 0.6 is 0 Å². The van der Waals surface area contributed by atoms with Gasteiger partial charge in [-0.1, -0.05) is 36.4 Å². The van der Waals surface area contributed by atoms with Crippen molar-refractivity contribution in [1.82, 2.24) is 9.97 Å². The van der Waals surface area contributed by atoms with Crippen molar-refractivity contribution in [2.75, 3.05) is 0 Å². The summed E-state index contributed by atoms with van der Waals surface area (Å²) in [5, 5.41) is 2.20. The first-order valence-corrected chi connectivity index (χ1v) is 9.19. The third-order valence-electron chi connectivity index (χ3n) is 4.75. The van der Waals surface area contributed by atoms with Gasteiger partial charge in [0.15, 0.2) is 0 Å². The Balaban J connectivity index is 0.00000205. The third kappa shape index (κ3) is 3.90. The van der Waals surface area contributed by atoms with Crippen LogP contribution in [-0.4, -0.2) is 9.97 Å². The number of hydrogen-bond donors (Lipinski definition) is 0. The number of aromatic nitrogens is 2. The molecule has 0 saturated carbocycles. The van der Waals surface area contributed by atoms with Crippen molar-refractivity contribution in [1.29, 1.82) is 0 Å². The molecule has 5 aromatic rings. The molecule has 5 rings (SSSR count). The molecule has 0 unspecified atom stereocenters. The maximum atomic E-state index is 4.98. The van der Waals surface area contributed by atoms with Gasteiger partial charge in [-0.15, -0.1) is 23.8 Å². The number of fused-ring (bicyclic) bond motifs is 2. The van der Waals surface area contributed by atoms with Gasteiger partial charge >= 0.3 is 21.1 Å². The van der Waals surface area contributed by atoms with E-state index in [2.05, 4.69) is 53.5 Å². The van der Waals surface area contributed by atoms with E-state index in [1.807, 2.05) is 60.8 Å². The average Bonchev–Trinajstić information content (AvgIpc) is 2.77. The number of hydrogen-bond acceptors (Lipinski definition) is 2. The molecule has 3 heteroatoms. The van der Waals surface area contributed by atoms with Crippen molar-refractivity contribution in [2.24, 2.45) is 0 Å². The molecule has 29 heavy (non-hydrogen) atoms. The van der Waals surface area contributed by atoms with Crippen molar-refractivity contribution in [2.45, 2.75) is 0 Å². The van der Waals surface area contributed by atoms with Gasteiger partial charge < -0.3 is 0 Å². The fourth-order valence-electron chi connectivity index (χ4n) is 3.38. The van der Waals surface area contributed by atoms with E-state index in [0.717, 1.165) is 44.2 Å². The average molecular weight is 552 g/mol. The van der Waals surface area contributed by atoms with Gasteiger partial charge in [-0.3, -0.25) is 9.97 Å². The van der Waals surface area contributed by atoms with Gasteiger partial charge in [-0.05, 0) is 23.0 Å². The van der Waals surface area contributed by atoms with E-state index in [9.17, 15) is 0 Å². The quantitative estimate of drug-likeness (QED) is 0.200. The van der Waals surface area contributed by atoms with Crippen LogP contribution in [0.5, 0.6) is 0 Å². The summed E-state index contributed by atoms with van der Waals surface area (Å²) in [4.78, 5) is 9.55. The van der Waals surface area contributed by atoms with Crippen LogP contribution in [0, 0.1) is 12.1 Å². The molecule has 0 fully saturated rings. The zero-order valence-corrected chi connectivity index (χ0v) is 17.7. The van der Waals surface area contributed by atoms with Gasteiger partial charge in [0.2, 0.25) is 0 Å². The number of pyridine rings is 2. The smallest absolute Gasteiger partial charge is 0.296 e. The number of nitrogens with zero attached hydrogens (tertiary/aromatic N) is 2. The van der Waals surface area contributed by atoms with E-state index in [1.165, 1.54) is 0 Å². The predicted octanol–water partition coefficient (Wildman–Crippen LogP) is 6.11. The molecular formula is C26H16N2Pt. The van der Waals surface area contributed by atoms with Crippen LogP contribution in [-0.2, 0) is 21.1 Å². The van der Waals surface area contributed by atoms with Gasteiger partial charge in [0.25, 0.3) is 0 Å². The van der Waals surface area contributed by atoms with E-state index < -0.39 is 0 Å². The van der Waals surface area contributed by atoms with Gasteiger partial charge in [0, 0.05) is 17.1 Å². The van der Waals surface area contributed by atoms with Crippen molar-refractivity contribution in [3.63, 3.8) is 0 Å². The van der Waals surface area contributed by atoms with Crippen molar-refractivity contribution in [3.05, 3.63) is 114 Å². The molecule has 0 aliphatic heterocycles. The first-order valence-electron chi connectivity index (χ1n) is 9.19. The second-order valence-corrected chi connectivity index (χ2v) is 6.56. The van der Waals surface area contributed by atoms with Crippen LogP contribution in [0.1, 0.15) is 11.1 Å². The summed E-state index contributed by atoms with van der Waals surface area (Å²) < 4.78 is 0. The second-order valence-electron chi connectivity index (χ2n) is 6.56. The van der Waals surface area contributed by atoms with E-state index in [4.69, 9.17) is 4.98 Å². The van der Waals surface area contributed by atoms with Crippen molar-refractivity contribution < 1.29 is 21.1 Å². The summed E-state index contributed by atoms with van der Waals surface area (Å²) in [7, 11) is 0. The molecule has 0 amide bonds. The van der Waals surface area contributed by atoms with Gasteiger partial charge in [0.1, 0.15) is 0 Å². The number of para-hydroxylation sites is 2. The zero-order chi connectivity index (χ0) is 18.8. The first kappa shape index (κ1) is 19.2. The van der Waals surface area contributed by atoms with Gasteiger partial charge in [-0.25, -0.2) is 11.6 Å². The van der Waals surface area contributed by atoms with E-state index in [1.54, 1.807) is 0 Å². The van der Waals surface area contributed by atoms with Crippen LogP contribution in [0.15, 0.2) is 91.1 Å². The fourth-order valence-corrected chi connectivity index (χ4v) is 3.38. The van der Waals surface area contributed by atoms with Gasteiger partial charge in [-0.2, -0.15) is 30.3 Å². The molecule has 0 atom stereocenters. The van der Waals surface area contributed by atoms with Crippen LogP contribution in [0.2, 0.25) is 0 Å². The molecule has 3 aromatic carbocycles. The Morgan fingerprint density at radius 2 is 1.59 bits per heavy atom. The molecule has 0 radical (unpaired) electrons. The predicted molar refractivity (Wildman–Crippen MR) is 115 cm³/mol. The Kier molecular flexibility index (Phi) is 5.64. The minimum absolute atomic E-state index is 0. The standard InChI is InChI=1S/C26H16N2.Pt/c1-2-7-19(8-3-1)14-15-21-9-4-10-22-16-17-24(28-25(21)22)23-13-5-11-20-12-6-18-27-26(20)23;/h1-7,9-14,16-18H;/q-2;+2. The topological polar surface area (TPSA) is 25.8 Å². The molecule has 2 heterocycles. The van der Waals surface area contributed by atoms with Crippen LogP contribution in [0.4, 0.5) is 0 Å². The number of benzene rings is 3. The Labute approximate surface area is 184 Å². The molecular weight excluding hydrogens is 535 g/mol. The largest absolute Gasteiger partial charge is 2.00 e. The monoisotopic (exact) mass is 551 g/mol. The Hall–Kier alpha value is -3.09. The normalized spacial score (nSPS) is 11.0. The molecule has 2 aromatic heterocycles.